The maximum Gasteiger partial charge on any atom is 0.249 e. The van der Waals surface area contributed by atoms with Crippen molar-refractivity contribution in [2.45, 2.75) is 19.5 Å². The van der Waals surface area contributed by atoms with Crippen molar-refractivity contribution < 1.29 is 4.79 Å². The molecule has 20 heavy (non-hydrogen) atoms. The number of carbonyl (C=O) groups excluding carboxylic acids is 1. The van der Waals surface area contributed by atoms with Gasteiger partial charge in [-0.25, -0.2) is 0 Å². The molecule has 1 heterocycles. The highest BCUT2D eigenvalue weighted by Crippen LogP contribution is 2.35. The number of hydrogen-bond acceptors (Lipinski definition) is 2. The summed E-state index contributed by atoms with van der Waals surface area (Å²) in [6, 6.07) is 18.2. The number of carbonyl (C=O) groups is 1. The van der Waals surface area contributed by atoms with Gasteiger partial charge in [0.25, 0.3) is 0 Å². The summed E-state index contributed by atoms with van der Waals surface area (Å²) in [6.07, 6.45) is 0. The van der Waals surface area contributed by atoms with E-state index in [1.54, 1.807) is 4.90 Å². The number of fused-ring (bicyclic) bond motifs is 1. The van der Waals surface area contributed by atoms with Crippen molar-refractivity contribution in [2.24, 2.45) is 0 Å². The van der Waals surface area contributed by atoms with Crippen molar-refractivity contribution in [2.75, 3.05) is 16.8 Å². The van der Waals surface area contributed by atoms with Gasteiger partial charge >= 0.3 is 0 Å². The zero-order valence-corrected chi connectivity index (χ0v) is 11.8. The second kappa shape index (κ2) is 5.00. The van der Waals surface area contributed by atoms with Gasteiger partial charge in [0.2, 0.25) is 5.91 Å². The quantitative estimate of drug-likeness (QED) is 0.834. The maximum absolute atomic E-state index is 12.4. The van der Waals surface area contributed by atoms with E-state index in [4.69, 9.17) is 0 Å². The molecule has 0 aromatic heterocycles. The smallest absolute Gasteiger partial charge is 0.249 e. The highest BCUT2D eigenvalue weighted by atomic mass is 16.2. The van der Waals surface area contributed by atoms with E-state index in [1.165, 1.54) is 5.56 Å². The third kappa shape index (κ3) is 2.05. The summed E-state index contributed by atoms with van der Waals surface area (Å²) < 4.78 is 0. The Balaban J connectivity index is 2.01. The average molecular weight is 266 g/mol. The molecule has 1 atom stereocenters. The highest BCUT2D eigenvalue weighted by Gasteiger charge is 2.32. The molecule has 0 N–H and O–H groups in total. The molecule has 0 aliphatic carbocycles. The largest absolute Gasteiger partial charge is 0.354 e. The number of likely N-dealkylation sites (N-methyl/N-ethyl adjacent to an activating group) is 1. The van der Waals surface area contributed by atoms with Crippen molar-refractivity contribution in [3.63, 3.8) is 0 Å². The molecule has 0 saturated heterocycles. The van der Waals surface area contributed by atoms with Gasteiger partial charge in [-0.15, -0.1) is 0 Å². The van der Waals surface area contributed by atoms with Crippen molar-refractivity contribution in [3.05, 3.63) is 60.2 Å². The van der Waals surface area contributed by atoms with Crippen LogP contribution in [-0.2, 0) is 11.3 Å². The zero-order chi connectivity index (χ0) is 14.1. The lowest BCUT2D eigenvalue weighted by atomic mass is 10.1. The Morgan fingerprint density at radius 2 is 1.55 bits per heavy atom. The number of rotatable bonds is 2. The van der Waals surface area contributed by atoms with Crippen LogP contribution < -0.4 is 9.80 Å². The number of benzene rings is 2. The third-order valence-electron chi connectivity index (χ3n) is 3.90. The first-order chi connectivity index (χ1) is 9.68. The summed E-state index contributed by atoms with van der Waals surface area (Å²) in [5.41, 5.74) is 3.31. The minimum Gasteiger partial charge on any atom is -0.354 e. The van der Waals surface area contributed by atoms with Gasteiger partial charge in [-0.2, -0.15) is 0 Å². The number of anilines is 2. The molecular weight excluding hydrogens is 248 g/mol. The fraction of sp³-hybridized carbons (Fsp3) is 0.235. The first-order valence-electron chi connectivity index (χ1n) is 6.85. The summed E-state index contributed by atoms with van der Waals surface area (Å²) in [7, 11) is 1.84. The molecule has 1 unspecified atom stereocenters. The Bertz CT molecular complexity index is 624. The molecule has 0 spiro atoms. The van der Waals surface area contributed by atoms with Gasteiger partial charge in [0.1, 0.15) is 6.04 Å². The van der Waals surface area contributed by atoms with E-state index >= 15 is 0 Å². The lowest BCUT2D eigenvalue weighted by Gasteiger charge is -2.40. The van der Waals surface area contributed by atoms with Crippen molar-refractivity contribution in [1.29, 1.82) is 0 Å². The molecule has 0 fully saturated rings. The van der Waals surface area contributed by atoms with E-state index in [2.05, 4.69) is 23.1 Å². The Labute approximate surface area is 119 Å². The van der Waals surface area contributed by atoms with Crippen LogP contribution in [0.25, 0.3) is 0 Å². The minimum absolute atomic E-state index is 0.139. The number of hydrogen-bond donors (Lipinski definition) is 0. The molecule has 102 valence electrons. The minimum atomic E-state index is -0.143. The van der Waals surface area contributed by atoms with E-state index in [0.717, 1.165) is 17.9 Å². The van der Waals surface area contributed by atoms with Gasteiger partial charge in [-0.1, -0.05) is 42.5 Å². The molecule has 0 bridgehead atoms. The summed E-state index contributed by atoms with van der Waals surface area (Å²) in [4.78, 5) is 16.3. The normalized spacial score (nSPS) is 18.1. The lowest BCUT2D eigenvalue weighted by Crippen LogP contribution is -2.50. The topological polar surface area (TPSA) is 23.6 Å². The molecule has 1 aliphatic rings. The van der Waals surface area contributed by atoms with Crippen LogP contribution in [0.3, 0.4) is 0 Å². The van der Waals surface area contributed by atoms with Crippen LogP contribution in [0.15, 0.2) is 54.6 Å². The fourth-order valence-corrected chi connectivity index (χ4v) is 2.73. The van der Waals surface area contributed by atoms with Crippen molar-refractivity contribution in [3.8, 4) is 0 Å². The summed E-state index contributed by atoms with van der Waals surface area (Å²) in [5, 5.41) is 0. The van der Waals surface area contributed by atoms with Crippen LogP contribution in [0, 0.1) is 0 Å². The number of amides is 1. The van der Waals surface area contributed by atoms with Gasteiger partial charge in [0.15, 0.2) is 0 Å². The SMILES string of the molecule is CC1C(=O)N(C)c2ccccc2N1Cc1ccccc1. The Hall–Kier alpha value is -2.29. The van der Waals surface area contributed by atoms with Crippen LogP contribution in [-0.4, -0.2) is 19.0 Å². The van der Waals surface area contributed by atoms with E-state index in [9.17, 15) is 4.79 Å². The van der Waals surface area contributed by atoms with Crippen LogP contribution in [0.1, 0.15) is 12.5 Å². The number of para-hydroxylation sites is 2. The summed E-state index contributed by atoms with van der Waals surface area (Å²) in [6.45, 7) is 2.72. The molecule has 1 aliphatic heterocycles. The van der Waals surface area contributed by atoms with Gasteiger partial charge in [0.05, 0.1) is 11.4 Å². The molecule has 2 aromatic carbocycles. The van der Waals surface area contributed by atoms with Crippen molar-refractivity contribution in [1.82, 2.24) is 0 Å². The highest BCUT2D eigenvalue weighted by molar-refractivity contribution is 6.04. The van der Waals surface area contributed by atoms with Gasteiger partial charge in [-0.3, -0.25) is 4.79 Å². The molecule has 0 saturated carbocycles. The number of nitrogens with zero attached hydrogens (tertiary/aromatic N) is 2. The van der Waals surface area contributed by atoms with Gasteiger partial charge < -0.3 is 9.80 Å². The van der Waals surface area contributed by atoms with Gasteiger partial charge in [0, 0.05) is 13.6 Å². The second-order valence-corrected chi connectivity index (χ2v) is 5.18. The Morgan fingerprint density at radius 3 is 2.25 bits per heavy atom. The molecule has 3 rings (SSSR count). The molecule has 0 radical (unpaired) electrons. The Kier molecular flexibility index (Phi) is 3.18. The zero-order valence-electron chi connectivity index (χ0n) is 11.8. The molecule has 3 nitrogen and oxygen atoms in total. The predicted molar refractivity (Wildman–Crippen MR) is 81.9 cm³/mol. The monoisotopic (exact) mass is 266 g/mol. The second-order valence-electron chi connectivity index (χ2n) is 5.18. The predicted octanol–water partition coefficient (Wildman–Crippen LogP) is 3.06. The first kappa shape index (κ1) is 12.7. The third-order valence-corrected chi connectivity index (χ3v) is 3.90. The standard InChI is InChI=1S/C17H18N2O/c1-13-17(20)18(2)15-10-6-7-11-16(15)19(13)12-14-8-4-3-5-9-14/h3-11,13H,12H2,1-2H3. The molecule has 3 heteroatoms. The summed E-state index contributed by atoms with van der Waals surface area (Å²) >= 11 is 0. The van der Waals surface area contributed by atoms with E-state index in [0.29, 0.717) is 0 Å². The van der Waals surface area contributed by atoms with E-state index < -0.39 is 0 Å². The Morgan fingerprint density at radius 1 is 0.950 bits per heavy atom. The maximum atomic E-state index is 12.4. The summed E-state index contributed by atoms with van der Waals surface area (Å²) in [5.74, 6) is 0.139. The average Bonchev–Trinajstić information content (AvgIpc) is 2.50. The van der Waals surface area contributed by atoms with Crippen LogP contribution in [0.2, 0.25) is 0 Å². The van der Waals surface area contributed by atoms with Crippen LogP contribution in [0.5, 0.6) is 0 Å². The molecule has 1 amide bonds. The molecular formula is C17H18N2O. The van der Waals surface area contributed by atoms with E-state index in [1.807, 2.05) is 50.4 Å². The lowest BCUT2D eigenvalue weighted by molar-refractivity contribution is -0.119. The molecule has 2 aromatic rings. The van der Waals surface area contributed by atoms with E-state index in [-0.39, 0.29) is 11.9 Å². The van der Waals surface area contributed by atoms with Crippen LogP contribution in [0.4, 0.5) is 11.4 Å². The fourth-order valence-electron chi connectivity index (χ4n) is 2.73. The van der Waals surface area contributed by atoms with Gasteiger partial charge in [-0.05, 0) is 24.6 Å². The van der Waals surface area contributed by atoms with Crippen molar-refractivity contribution >= 4 is 17.3 Å². The first-order valence-corrected chi connectivity index (χ1v) is 6.85. The van der Waals surface area contributed by atoms with Crippen LogP contribution >= 0.6 is 0 Å².